The largest absolute Gasteiger partial charge is 0.297 e. The Kier molecular flexibility index (Phi) is 5.70. The van der Waals surface area contributed by atoms with E-state index in [0.717, 1.165) is 36.9 Å². The molecule has 2 aromatic rings. The molecule has 0 spiro atoms. The Bertz CT molecular complexity index is 839. The van der Waals surface area contributed by atoms with Gasteiger partial charge in [0.15, 0.2) is 4.90 Å². The highest BCUT2D eigenvalue weighted by molar-refractivity contribution is 7.89. The van der Waals surface area contributed by atoms with Crippen LogP contribution < -0.4 is 0 Å². The van der Waals surface area contributed by atoms with E-state index in [-0.39, 0.29) is 12.6 Å². The Balaban J connectivity index is 1.79. The lowest BCUT2D eigenvalue weighted by atomic mass is 10.2. The van der Waals surface area contributed by atoms with Gasteiger partial charge in [-0.25, -0.2) is 17.2 Å². The van der Waals surface area contributed by atoms with Crippen molar-refractivity contribution in [2.45, 2.75) is 30.8 Å². The van der Waals surface area contributed by atoms with Crippen molar-refractivity contribution in [3.63, 3.8) is 0 Å². The van der Waals surface area contributed by atoms with E-state index in [1.54, 1.807) is 6.92 Å². The number of likely N-dealkylation sites (tertiary alicyclic amines) is 1. The summed E-state index contributed by atoms with van der Waals surface area (Å²) in [5.74, 6) is -2.11. The summed E-state index contributed by atoms with van der Waals surface area (Å²) in [4.78, 5) is 1.30. The Morgan fingerprint density at radius 3 is 2.35 bits per heavy atom. The Morgan fingerprint density at radius 1 is 1.08 bits per heavy atom. The number of nitrogens with zero attached hydrogens (tertiary/aromatic N) is 2. The SMILES string of the molecule is CCN(C1CCN(Cc2ccccc2)C1)S(=O)(=O)c1c(F)cccc1F. The predicted molar refractivity (Wildman–Crippen MR) is 96.0 cm³/mol. The van der Waals surface area contributed by atoms with Crippen molar-refractivity contribution in [3.8, 4) is 0 Å². The zero-order valence-corrected chi connectivity index (χ0v) is 15.4. The molecule has 0 saturated carbocycles. The van der Waals surface area contributed by atoms with Gasteiger partial charge in [-0.1, -0.05) is 43.3 Å². The molecule has 1 aliphatic heterocycles. The number of hydrogen-bond donors (Lipinski definition) is 0. The average molecular weight is 380 g/mol. The lowest BCUT2D eigenvalue weighted by molar-refractivity contribution is 0.284. The van der Waals surface area contributed by atoms with Crippen LogP contribution in [0.1, 0.15) is 18.9 Å². The van der Waals surface area contributed by atoms with Crippen LogP contribution in [0.4, 0.5) is 8.78 Å². The monoisotopic (exact) mass is 380 g/mol. The normalized spacial score (nSPS) is 18.5. The van der Waals surface area contributed by atoms with Crippen LogP contribution >= 0.6 is 0 Å². The van der Waals surface area contributed by atoms with E-state index in [2.05, 4.69) is 4.90 Å². The predicted octanol–water partition coefficient (Wildman–Crippen LogP) is 3.25. The molecule has 0 radical (unpaired) electrons. The minimum Gasteiger partial charge on any atom is -0.297 e. The first-order chi connectivity index (χ1) is 12.4. The molecule has 140 valence electrons. The van der Waals surface area contributed by atoms with Gasteiger partial charge in [-0.15, -0.1) is 0 Å². The fourth-order valence-electron chi connectivity index (χ4n) is 3.50. The maximum Gasteiger partial charge on any atom is 0.249 e. The Labute approximate surface area is 153 Å². The van der Waals surface area contributed by atoms with Crippen LogP contribution in [0, 0.1) is 11.6 Å². The maximum absolute atomic E-state index is 14.0. The summed E-state index contributed by atoms with van der Waals surface area (Å²) in [6.07, 6.45) is 0.635. The number of sulfonamides is 1. The molecule has 1 heterocycles. The summed E-state index contributed by atoms with van der Waals surface area (Å²) in [6, 6.07) is 12.7. The van der Waals surface area contributed by atoms with Crippen molar-refractivity contribution in [2.24, 2.45) is 0 Å². The Morgan fingerprint density at radius 2 is 1.73 bits per heavy atom. The van der Waals surface area contributed by atoms with Crippen LogP contribution in [0.15, 0.2) is 53.4 Å². The third kappa shape index (κ3) is 3.79. The first kappa shape index (κ1) is 18.9. The van der Waals surface area contributed by atoms with Gasteiger partial charge >= 0.3 is 0 Å². The molecule has 2 aromatic carbocycles. The maximum atomic E-state index is 14.0. The van der Waals surface area contributed by atoms with Crippen molar-refractivity contribution in [3.05, 3.63) is 65.7 Å². The minimum atomic E-state index is -4.24. The average Bonchev–Trinajstić information content (AvgIpc) is 3.03. The van der Waals surface area contributed by atoms with Crippen molar-refractivity contribution < 1.29 is 17.2 Å². The van der Waals surface area contributed by atoms with Gasteiger partial charge in [0.05, 0.1) is 0 Å². The Hall–Kier alpha value is -1.83. The molecule has 0 aromatic heterocycles. The van der Waals surface area contributed by atoms with Crippen molar-refractivity contribution in [2.75, 3.05) is 19.6 Å². The topological polar surface area (TPSA) is 40.6 Å². The van der Waals surface area contributed by atoms with Gasteiger partial charge in [-0.05, 0) is 24.1 Å². The van der Waals surface area contributed by atoms with E-state index in [0.29, 0.717) is 13.0 Å². The van der Waals surface area contributed by atoms with Gasteiger partial charge in [-0.3, -0.25) is 4.90 Å². The molecule has 1 atom stereocenters. The zero-order valence-electron chi connectivity index (χ0n) is 14.6. The summed E-state index contributed by atoms with van der Waals surface area (Å²) in [5.41, 5.74) is 1.15. The summed E-state index contributed by atoms with van der Waals surface area (Å²) in [5, 5.41) is 0. The smallest absolute Gasteiger partial charge is 0.249 e. The molecule has 26 heavy (non-hydrogen) atoms. The van der Waals surface area contributed by atoms with Gasteiger partial charge in [-0.2, -0.15) is 4.31 Å². The van der Waals surface area contributed by atoms with Crippen molar-refractivity contribution >= 4 is 10.0 Å². The molecule has 1 unspecified atom stereocenters. The van der Waals surface area contributed by atoms with Gasteiger partial charge in [0.25, 0.3) is 0 Å². The molecule has 0 bridgehead atoms. The van der Waals surface area contributed by atoms with E-state index in [1.165, 1.54) is 4.31 Å². The van der Waals surface area contributed by atoms with E-state index < -0.39 is 26.6 Å². The van der Waals surface area contributed by atoms with Gasteiger partial charge < -0.3 is 0 Å². The summed E-state index contributed by atoms with van der Waals surface area (Å²) >= 11 is 0. The van der Waals surface area contributed by atoms with Gasteiger partial charge in [0, 0.05) is 32.2 Å². The van der Waals surface area contributed by atoms with Crippen LogP contribution in [-0.2, 0) is 16.6 Å². The molecule has 1 fully saturated rings. The first-order valence-corrected chi connectivity index (χ1v) is 10.1. The minimum absolute atomic E-state index is 0.167. The third-order valence-electron chi connectivity index (χ3n) is 4.70. The number of likely N-dealkylation sites (N-methyl/N-ethyl adjacent to an activating group) is 1. The van der Waals surface area contributed by atoms with Crippen LogP contribution in [0.5, 0.6) is 0 Å². The highest BCUT2D eigenvalue weighted by atomic mass is 32.2. The van der Waals surface area contributed by atoms with Gasteiger partial charge in [0.1, 0.15) is 11.6 Å². The fourth-order valence-corrected chi connectivity index (χ4v) is 5.27. The van der Waals surface area contributed by atoms with E-state index in [1.807, 2.05) is 30.3 Å². The third-order valence-corrected chi connectivity index (χ3v) is 6.78. The molecular weight excluding hydrogens is 358 g/mol. The number of benzene rings is 2. The molecule has 0 amide bonds. The lowest BCUT2D eigenvalue weighted by Crippen LogP contribution is -2.42. The highest BCUT2D eigenvalue weighted by Crippen LogP contribution is 2.27. The lowest BCUT2D eigenvalue weighted by Gasteiger charge is -2.27. The van der Waals surface area contributed by atoms with Crippen LogP contribution in [0.2, 0.25) is 0 Å². The number of hydrogen-bond acceptors (Lipinski definition) is 3. The van der Waals surface area contributed by atoms with Crippen LogP contribution in [0.3, 0.4) is 0 Å². The van der Waals surface area contributed by atoms with E-state index in [9.17, 15) is 17.2 Å². The highest BCUT2D eigenvalue weighted by Gasteiger charge is 2.37. The van der Waals surface area contributed by atoms with E-state index in [4.69, 9.17) is 0 Å². The summed E-state index contributed by atoms with van der Waals surface area (Å²) < 4.78 is 55.1. The molecular formula is C19H22F2N2O2S. The van der Waals surface area contributed by atoms with Gasteiger partial charge in [0.2, 0.25) is 10.0 Å². The number of halogens is 2. The van der Waals surface area contributed by atoms with Crippen molar-refractivity contribution in [1.29, 1.82) is 0 Å². The molecule has 4 nitrogen and oxygen atoms in total. The second-order valence-corrected chi connectivity index (χ2v) is 8.25. The van der Waals surface area contributed by atoms with Crippen LogP contribution in [0.25, 0.3) is 0 Å². The van der Waals surface area contributed by atoms with Crippen molar-refractivity contribution in [1.82, 2.24) is 9.21 Å². The molecule has 0 aliphatic carbocycles. The second-order valence-electron chi connectivity index (χ2n) is 6.42. The van der Waals surface area contributed by atoms with Crippen LogP contribution in [-0.4, -0.2) is 43.3 Å². The zero-order chi connectivity index (χ0) is 18.7. The second kappa shape index (κ2) is 7.82. The summed E-state index contributed by atoms with van der Waals surface area (Å²) in [6.45, 7) is 3.86. The fraction of sp³-hybridized carbons (Fsp3) is 0.368. The first-order valence-electron chi connectivity index (χ1n) is 8.65. The molecule has 3 rings (SSSR count). The molecule has 7 heteroatoms. The standard InChI is InChI=1S/C19H22F2N2O2S/c1-2-23(26(24,25)19-17(20)9-6-10-18(19)21)16-11-12-22(14-16)13-15-7-4-3-5-8-15/h3-10,16H,2,11-14H2,1H3. The molecule has 1 aliphatic rings. The number of rotatable bonds is 6. The molecule has 0 N–H and O–H groups in total. The quantitative estimate of drug-likeness (QED) is 0.772. The molecule has 1 saturated heterocycles. The van der Waals surface area contributed by atoms with E-state index >= 15 is 0 Å². The summed E-state index contributed by atoms with van der Waals surface area (Å²) in [7, 11) is -4.24.